The van der Waals surface area contributed by atoms with E-state index in [0.29, 0.717) is 23.0 Å². The Balaban J connectivity index is 1.53. The zero-order valence-corrected chi connectivity index (χ0v) is 18.0. The molecule has 3 aromatic heterocycles. The second-order valence-electron chi connectivity index (χ2n) is 7.43. The van der Waals surface area contributed by atoms with Gasteiger partial charge in [0, 0.05) is 30.6 Å². The summed E-state index contributed by atoms with van der Waals surface area (Å²) < 4.78 is 16.3. The van der Waals surface area contributed by atoms with Crippen molar-refractivity contribution in [3.8, 4) is 11.3 Å². The van der Waals surface area contributed by atoms with Crippen LogP contribution in [0.2, 0.25) is 5.02 Å². The minimum Gasteiger partial charge on any atom is -0.286 e. The molecule has 0 aliphatic rings. The molecule has 10 heteroatoms. The molecule has 0 bridgehead atoms. The van der Waals surface area contributed by atoms with Crippen molar-refractivity contribution in [2.24, 2.45) is 0 Å². The lowest BCUT2D eigenvalue weighted by molar-refractivity contribution is -0.0378. The van der Waals surface area contributed by atoms with Crippen LogP contribution in [-0.2, 0) is 6.42 Å². The second kappa shape index (κ2) is 8.19. The predicted octanol–water partition coefficient (Wildman–Crippen LogP) is 4.18. The Morgan fingerprint density at radius 2 is 1.97 bits per heavy atom. The van der Waals surface area contributed by atoms with Crippen LogP contribution in [0.5, 0.6) is 0 Å². The van der Waals surface area contributed by atoms with Crippen molar-refractivity contribution < 1.29 is 14.4 Å². The lowest BCUT2D eigenvalue weighted by Gasteiger charge is -2.12. The molecule has 0 spiro atoms. The first-order valence-electron chi connectivity index (χ1n) is 9.91. The summed E-state index contributed by atoms with van der Waals surface area (Å²) in [6.45, 7) is 0. The van der Waals surface area contributed by atoms with Gasteiger partial charge in [0.1, 0.15) is 5.69 Å². The quantitative estimate of drug-likeness (QED) is 0.318. The van der Waals surface area contributed by atoms with E-state index in [0.717, 1.165) is 29.2 Å². The number of fused-ring (bicyclic) bond motifs is 2. The van der Waals surface area contributed by atoms with Crippen molar-refractivity contribution in [2.45, 2.75) is 6.42 Å². The average molecular weight is 463 g/mol. The largest absolute Gasteiger partial charge is 0.286 e. The maximum Gasteiger partial charge on any atom is 0.279 e. The number of imidazole rings is 1. The summed E-state index contributed by atoms with van der Waals surface area (Å²) in [5.41, 5.74) is 2.96. The van der Waals surface area contributed by atoms with E-state index in [4.69, 9.17) is 11.6 Å². The van der Waals surface area contributed by atoms with E-state index in [1.54, 1.807) is 16.9 Å². The van der Waals surface area contributed by atoms with E-state index in [1.165, 1.54) is 18.3 Å². The first-order valence-corrected chi connectivity index (χ1v) is 10.3. The molecule has 8 nitrogen and oxygen atoms in total. The Morgan fingerprint density at radius 3 is 2.79 bits per heavy atom. The van der Waals surface area contributed by atoms with E-state index in [2.05, 4.69) is 26.1 Å². The first kappa shape index (κ1) is 20.9. The van der Waals surface area contributed by atoms with Gasteiger partial charge in [0.2, 0.25) is 0 Å². The Morgan fingerprint density at radius 1 is 1.15 bits per heavy atom. The third-order valence-electron chi connectivity index (χ3n) is 5.24. The summed E-state index contributed by atoms with van der Waals surface area (Å²) in [6.07, 6.45) is 5.42. The van der Waals surface area contributed by atoms with E-state index in [1.807, 2.05) is 24.3 Å². The zero-order chi connectivity index (χ0) is 23.1. The Labute approximate surface area is 191 Å². The van der Waals surface area contributed by atoms with Gasteiger partial charge in [0.15, 0.2) is 5.82 Å². The molecule has 0 saturated heterocycles. The highest BCUT2D eigenvalue weighted by Crippen LogP contribution is 2.31. The molecular weight excluding hydrogens is 447 g/mol. The van der Waals surface area contributed by atoms with E-state index in [-0.39, 0.29) is 16.1 Å². The molecule has 5 aromatic rings. The van der Waals surface area contributed by atoms with Gasteiger partial charge in [-0.25, -0.2) is 23.9 Å². The lowest BCUT2D eigenvalue weighted by atomic mass is 10.1. The number of rotatable bonds is 4. The summed E-state index contributed by atoms with van der Waals surface area (Å²) in [6, 6.07) is 12.6. The molecule has 0 radical (unpaired) electrons. The van der Waals surface area contributed by atoms with E-state index in [9.17, 15) is 14.4 Å². The highest BCUT2D eigenvalue weighted by molar-refractivity contribution is 6.33. The van der Waals surface area contributed by atoms with Crippen LogP contribution in [-0.4, -0.2) is 47.8 Å². The smallest absolute Gasteiger partial charge is 0.279 e. The molecule has 2 aromatic carbocycles. The summed E-state index contributed by atoms with van der Waals surface area (Å²) in [5.74, 6) is -1.47. The normalized spacial score (nSPS) is 11.3. The van der Waals surface area contributed by atoms with Gasteiger partial charge < -0.3 is 0 Å². The van der Waals surface area contributed by atoms with Gasteiger partial charge in [-0.05, 0) is 29.8 Å². The molecule has 5 rings (SSSR count). The molecule has 1 amide bonds. The Hall–Kier alpha value is -3.95. The van der Waals surface area contributed by atoms with Gasteiger partial charge >= 0.3 is 0 Å². The van der Waals surface area contributed by atoms with Crippen molar-refractivity contribution in [2.75, 3.05) is 7.05 Å². The van der Waals surface area contributed by atoms with E-state index >= 15 is 0 Å². The number of amides is 1. The van der Waals surface area contributed by atoms with Crippen LogP contribution in [0.3, 0.4) is 0 Å². The number of carbonyl (C=O) groups is 1. The fourth-order valence-electron chi connectivity index (χ4n) is 3.59. The average Bonchev–Trinajstić information content (AvgIpc) is 3.22. The van der Waals surface area contributed by atoms with Gasteiger partial charge in [0.05, 0.1) is 34.2 Å². The third-order valence-corrected chi connectivity index (χ3v) is 5.61. The number of pyridine rings is 1. The minimum absolute atomic E-state index is 0.261. The van der Waals surface area contributed by atoms with Gasteiger partial charge in [-0.15, -0.1) is 0 Å². The van der Waals surface area contributed by atoms with Crippen molar-refractivity contribution in [1.82, 2.24) is 29.6 Å². The van der Waals surface area contributed by atoms with Gasteiger partial charge in [-0.3, -0.25) is 15.0 Å². The number of carbonyl (C=O) groups excluding carboxylic acids is 1. The monoisotopic (exact) mass is 462 g/mol. The molecule has 0 aliphatic heterocycles. The number of aromatic nitrogens is 5. The lowest BCUT2D eigenvalue weighted by Crippen LogP contribution is -2.23. The molecule has 33 heavy (non-hydrogen) atoms. The SMILES string of the molecule is CN(O)C(=O)c1ccc(-c2cnc3ncc(Cc4ccc5ncccc5c4)n3n2)c(Cl)c1F. The summed E-state index contributed by atoms with van der Waals surface area (Å²) in [5, 5.41) is 14.9. The molecule has 0 aliphatic carbocycles. The van der Waals surface area contributed by atoms with Crippen molar-refractivity contribution >= 4 is 34.2 Å². The molecule has 0 fully saturated rings. The van der Waals surface area contributed by atoms with Crippen LogP contribution in [0.25, 0.3) is 27.9 Å². The van der Waals surface area contributed by atoms with Gasteiger partial charge in [-0.2, -0.15) is 5.10 Å². The number of benzene rings is 2. The minimum atomic E-state index is -0.947. The predicted molar refractivity (Wildman–Crippen MR) is 120 cm³/mol. The first-order chi connectivity index (χ1) is 15.9. The van der Waals surface area contributed by atoms with Crippen LogP contribution in [0.1, 0.15) is 21.6 Å². The molecule has 0 unspecified atom stereocenters. The topological polar surface area (TPSA) is 96.5 Å². The number of hydroxylamine groups is 2. The fraction of sp³-hybridized carbons (Fsp3) is 0.0870. The van der Waals surface area contributed by atoms with Gasteiger partial charge in [-0.1, -0.05) is 29.8 Å². The van der Waals surface area contributed by atoms with Crippen LogP contribution >= 0.6 is 11.6 Å². The molecule has 0 atom stereocenters. The summed E-state index contributed by atoms with van der Waals surface area (Å²) >= 11 is 6.21. The molecule has 3 heterocycles. The third kappa shape index (κ3) is 3.77. The fourth-order valence-corrected chi connectivity index (χ4v) is 3.86. The molecule has 1 N–H and O–H groups in total. The number of nitrogens with zero attached hydrogens (tertiary/aromatic N) is 6. The van der Waals surface area contributed by atoms with Crippen LogP contribution < -0.4 is 0 Å². The highest BCUT2D eigenvalue weighted by Gasteiger charge is 2.21. The van der Waals surface area contributed by atoms with Crippen LogP contribution in [0.15, 0.2) is 61.1 Å². The highest BCUT2D eigenvalue weighted by atomic mass is 35.5. The number of halogens is 2. The summed E-state index contributed by atoms with van der Waals surface area (Å²) in [4.78, 5) is 24.9. The van der Waals surface area contributed by atoms with Crippen molar-refractivity contribution in [1.29, 1.82) is 0 Å². The Bertz CT molecular complexity index is 1530. The van der Waals surface area contributed by atoms with Crippen LogP contribution in [0.4, 0.5) is 4.39 Å². The van der Waals surface area contributed by atoms with E-state index < -0.39 is 11.7 Å². The van der Waals surface area contributed by atoms with Crippen molar-refractivity contribution in [3.63, 3.8) is 0 Å². The van der Waals surface area contributed by atoms with Crippen molar-refractivity contribution in [3.05, 3.63) is 88.7 Å². The zero-order valence-electron chi connectivity index (χ0n) is 17.3. The van der Waals surface area contributed by atoms with Gasteiger partial charge in [0.25, 0.3) is 11.7 Å². The summed E-state index contributed by atoms with van der Waals surface area (Å²) in [7, 11) is 1.11. The number of hydrogen-bond acceptors (Lipinski definition) is 6. The maximum absolute atomic E-state index is 14.7. The standard InChI is InChI=1S/C23H16ClFN6O2/c1-30(33)22(32)17-6-5-16(20(24)21(17)25)19-12-28-23-27-11-15(31(23)29-19)10-13-4-7-18-14(9-13)3-2-8-26-18/h2-9,11-12,33H,10H2,1H3. The molecule has 0 saturated carbocycles. The molecule has 164 valence electrons. The second-order valence-corrected chi connectivity index (χ2v) is 7.81. The number of hydrogen-bond donors (Lipinski definition) is 1. The maximum atomic E-state index is 14.7. The Kier molecular flexibility index (Phi) is 5.20. The van der Waals surface area contributed by atoms with Crippen LogP contribution in [0, 0.1) is 5.82 Å². The molecular formula is C23H16ClFN6O2.